The lowest BCUT2D eigenvalue weighted by Crippen LogP contribution is -2.31. The highest BCUT2D eigenvalue weighted by Gasteiger charge is 2.29. The minimum Gasteiger partial charge on any atom is -0.488 e. The topological polar surface area (TPSA) is 55.3 Å². The van der Waals surface area contributed by atoms with E-state index in [4.69, 9.17) is 4.74 Å². The van der Waals surface area contributed by atoms with Gasteiger partial charge in [-0.2, -0.15) is 0 Å². The number of rotatable bonds is 3. The molecule has 1 atom stereocenters. The third-order valence-corrected chi connectivity index (χ3v) is 3.31. The number of amides is 1. The Morgan fingerprint density at radius 1 is 1.38 bits per heavy atom. The Bertz CT molecular complexity index is 636. The molecule has 0 bridgehead atoms. The molecule has 0 radical (unpaired) electrons. The Morgan fingerprint density at radius 3 is 3.05 bits per heavy atom. The van der Waals surface area contributed by atoms with E-state index in [2.05, 4.69) is 9.97 Å². The Morgan fingerprint density at radius 2 is 2.29 bits per heavy atom. The fraction of sp³-hybridized carbons (Fsp3) is 0.267. The van der Waals surface area contributed by atoms with E-state index in [1.807, 2.05) is 0 Å². The molecule has 21 heavy (non-hydrogen) atoms. The summed E-state index contributed by atoms with van der Waals surface area (Å²) in [5.74, 6) is -0.0137. The van der Waals surface area contributed by atoms with E-state index >= 15 is 0 Å². The van der Waals surface area contributed by atoms with Crippen molar-refractivity contribution in [1.82, 2.24) is 14.9 Å². The summed E-state index contributed by atoms with van der Waals surface area (Å²) in [6.45, 7) is 1.06. The molecule has 0 saturated carbocycles. The predicted molar refractivity (Wildman–Crippen MR) is 73.4 cm³/mol. The molecule has 0 spiro atoms. The summed E-state index contributed by atoms with van der Waals surface area (Å²) in [6.07, 6.45) is 5.04. The Balaban J connectivity index is 1.62. The van der Waals surface area contributed by atoms with Crippen molar-refractivity contribution in [2.75, 3.05) is 13.1 Å². The lowest BCUT2D eigenvalue weighted by molar-refractivity contribution is 0.0766. The molecular weight excluding hydrogens is 273 g/mol. The van der Waals surface area contributed by atoms with Gasteiger partial charge in [-0.15, -0.1) is 0 Å². The number of carbonyl (C=O) groups excluding carboxylic acids is 1. The first kappa shape index (κ1) is 13.5. The van der Waals surface area contributed by atoms with Crippen molar-refractivity contribution in [3.63, 3.8) is 0 Å². The molecule has 1 aliphatic heterocycles. The van der Waals surface area contributed by atoms with Crippen LogP contribution in [0.5, 0.6) is 5.75 Å². The lowest BCUT2D eigenvalue weighted by Gasteiger charge is -2.16. The van der Waals surface area contributed by atoms with E-state index in [-0.39, 0.29) is 17.8 Å². The van der Waals surface area contributed by atoms with Gasteiger partial charge in [-0.25, -0.2) is 9.37 Å². The fourth-order valence-electron chi connectivity index (χ4n) is 2.31. The number of carbonyl (C=O) groups is 1. The minimum atomic E-state index is -0.335. The molecule has 1 aromatic heterocycles. The second-order valence-electron chi connectivity index (χ2n) is 4.83. The number of likely N-dealkylation sites (tertiary alicyclic amines) is 1. The van der Waals surface area contributed by atoms with Crippen molar-refractivity contribution in [2.24, 2.45) is 0 Å². The van der Waals surface area contributed by atoms with Crippen LogP contribution in [-0.2, 0) is 0 Å². The molecule has 1 fully saturated rings. The highest BCUT2D eigenvalue weighted by molar-refractivity contribution is 5.92. The van der Waals surface area contributed by atoms with Gasteiger partial charge in [0.2, 0.25) is 0 Å². The smallest absolute Gasteiger partial charge is 0.274 e. The summed E-state index contributed by atoms with van der Waals surface area (Å²) in [4.78, 5) is 21.8. The van der Waals surface area contributed by atoms with E-state index < -0.39 is 0 Å². The molecule has 6 heteroatoms. The van der Waals surface area contributed by atoms with Crippen molar-refractivity contribution in [3.8, 4) is 5.75 Å². The van der Waals surface area contributed by atoms with Gasteiger partial charge in [-0.3, -0.25) is 9.78 Å². The van der Waals surface area contributed by atoms with Crippen LogP contribution in [0.3, 0.4) is 0 Å². The molecule has 0 N–H and O–H groups in total. The molecule has 1 amide bonds. The van der Waals surface area contributed by atoms with Crippen LogP contribution in [0.4, 0.5) is 4.39 Å². The first-order valence-corrected chi connectivity index (χ1v) is 6.70. The van der Waals surface area contributed by atoms with Crippen molar-refractivity contribution in [3.05, 3.63) is 54.4 Å². The van der Waals surface area contributed by atoms with E-state index in [1.165, 1.54) is 30.7 Å². The summed E-state index contributed by atoms with van der Waals surface area (Å²) < 4.78 is 18.8. The first-order valence-electron chi connectivity index (χ1n) is 6.70. The normalized spacial score (nSPS) is 17.8. The van der Waals surface area contributed by atoms with Gasteiger partial charge >= 0.3 is 0 Å². The monoisotopic (exact) mass is 287 g/mol. The average molecular weight is 287 g/mol. The van der Waals surface area contributed by atoms with Gasteiger partial charge in [0.1, 0.15) is 23.4 Å². The van der Waals surface area contributed by atoms with Gasteiger partial charge in [0, 0.05) is 31.4 Å². The highest BCUT2D eigenvalue weighted by Crippen LogP contribution is 2.20. The highest BCUT2D eigenvalue weighted by atomic mass is 19.1. The van der Waals surface area contributed by atoms with Gasteiger partial charge in [0.15, 0.2) is 0 Å². The van der Waals surface area contributed by atoms with Crippen LogP contribution in [0.1, 0.15) is 16.9 Å². The maximum absolute atomic E-state index is 13.1. The number of hydrogen-bond acceptors (Lipinski definition) is 4. The van der Waals surface area contributed by atoms with Gasteiger partial charge in [-0.1, -0.05) is 6.07 Å². The number of hydrogen-bond donors (Lipinski definition) is 0. The Hall–Kier alpha value is -2.50. The van der Waals surface area contributed by atoms with Crippen molar-refractivity contribution < 1.29 is 13.9 Å². The standard InChI is InChI=1S/C15H14FN3O2/c16-11-2-1-3-12(8-11)21-13-4-7-19(10-13)15(20)14-9-17-5-6-18-14/h1-3,5-6,8-9,13H,4,7,10H2. The van der Waals surface area contributed by atoms with Gasteiger partial charge < -0.3 is 9.64 Å². The average Bonchev–Trinajstić information content (AvgIpc) is 2.96. The maximum atomic E-state index is 13.1. The second kappa shape index (κ2) is 5.87. The molecule has 108 valence electrons. The number of nitrogens with zero attached hydrogens (tertiary/aromatic N) is 3. The largest absolute Gasteiger partial charge is 0.488 e. The van der Waals surface area contributed by atoms with Crippen LogP contribution in [0.2, 0.25) is 0 Å². The molecule has 3 rings (SSSR count). The summed E-state index contributed by atoms with van der Waals surface area (Å²) in [5, 5.41) is 0. The molecule has 2 aromatic rings. The summed E-state index contributed by atoms with van der Waals surface area (Å²) >= 11 is 0. The van der Waals surface area contributed by atoms with Gasteiger partial charge in [0.25, 0.3) is 5.91 Å². The van der Waals surface area contributed by atoms with E-state index in [1.54, 1.807) is 17.0 Å². The molecule has 1 saturated heterocycles. The SMILES string of the molecule is O=C(c1cnccn1)N1CCC(Oc2cccc(F)c2)C1. The van der Waals surface area contributed by atoms with Crippen molar-refractivity contribution in [2.45, 2.75) is 12.5 Å². The lowest BCUT2D eigenvalue weighted by atomic mass is 10.3. The van der Waals surface area contributed by atoms with Crippen LogP contribution in [-0.4, -0.2) is 40.0 Å². The molecule has 1 aliphatic rings. The first-order chi connectivity index (χ1) is 10.2. The van der Waals surface area contributed by atoms with E-state index in [0.717, 1.165) is 0 Å². The fourth-order valence-corrected chi connectivity index (χ4v) is 2.31. The van der Waals surface area contributed by atoms with E-state index in [0.29, 0.717) is 31.0 Å². The number of aromatic nitrogens is 2. The molecule has 0 aliphatic carbocycles. The zero-order valence-electron chi connectivity index (χ0n) is 11.3. The molecule has 2 heterocycles. The quantitative estimate of drug-likeness (QED) is 0.865. The summed E-state index contributed by atoms with van der Waals surface area (Å²) in [6, 6.07) is 6.01. The van der Waals surface area contributed by atoms with Crippen LogP contribution >= 0.6 is 0 Å². The molecular formula is C15H14FN3O2. The van der Waals surface area contributed by atoms with Crippen LogP contribution < -0.4 is 4.74 Å². The minimum absolute atomic E-state index is 0.132. The van der Waals surface area contributed by atoms with Crippen LogP contribution in [0.15, 0.2) is 42.9 Å². The molecule has 1 unspecified atom stereocenters. The number of ether oxygens (including phenoxy) is 1. The Kier molecular flexibility index (Phi) is 3.77. The van der Waals surface area contributed by atoms with Gasteiger partial charge in [-0.05, 0) is 12.1 Å². The third-order valence-electron chi connectivity index (χ3n) is 3.31. The third kappa shape index (κ3) is 3.16. The molecule has 1 aromatic carbocycles. The number of benzene rings is 1. The maximum Gasteiger partial charge on any atom is 0.274 e. The van der Waals surface area contributed by atoms with E-state index in [9.17, 15) is 9.18 Å². The summed E-state index contributed by atoms with van der Waals surface area (Å²) in [5.41, 5.74) is 0.323. The molecule has 5 nitrogen and oxygen atoms in total. The van der Waals surface area contributed by atoms with Crippen molar-refractivity contribution >= 4 is 5.91 Å². The Labute approximate surface area is 121 Å². The van der Waals surface area contributed by atoms with Crippen LogP contribution in [0, 0.1) is 5.82 Å². The second-order valence-corrected chi connectivity index (χ2v) is 4.83. The zero-order valence-corrected chi connectivity index (χ0v) is 11.3. The number of halogens is 1. The van der Waals surface area contributed by atoms with Gasteiger partial charge in [0.05, 0.1) is 12.7 Å². The predicted octanol–water partition coefficient (Wildman–Crippen LogP) is 1.91. The van der Waals surface area contributed by atoms with Crippen molar-refractivity contribution in [1.29, 1.82) is 0 Å². The summed E-state index contributed by atoms with van der Waals surface area (Å²) in [7, 11) is 0. The zero-order chi connectivity index (χ0) is 14.7. The van der Waals surface area contributed by atoms with Crippen LogP contribution in [0.25, 0.3) is 0 Å².